The van der Waals surface area contributed by atoms with Crippen molar-refractivity contribution >= 4 is 21.9 Å². The summed E-state index contributed by atoms with van der Waals surface area (Å²) in [5.41, 5.74) is 5.33. The van der Waals surface area contributed by atoms with Gasteiger partial charge >= 0.3 is 5.97 Å². The van der Waals surface area contributed by atoms with Gasteiger partial charge in [0, 0.05) is 5.33 Å². The molecule has 1 atom stereocenters. The summed E-state index contributed by atoms with van der Waals surface area (Å²) in [5.74, 6) is -0.352. The lowest BCUT2D eigenvalue weighted by atomic mass is 10.2. The van der Waals surface area contributed by atoms with E-state index in [1.165, 1.54) is 7.11 Å². The van der Waals surface area contributed by atoms with Crippen molar-refractivity contribution in [2.75, 3.05) is 12.4 Å². The summed E-state index contributed by atoms with van der Waals surface area (Å²) in [5, 5.41) is 0.725. The summed E-state index contributed by atoms with van der Waals surface area (Å²) >= 11 is 3.16. The van der Waals surface area contributed by atoms with Gasteiger partial charge in [0.1, 0.15) is 6.04 Å². The normalized spacial score (nSPS) is 11.5. The number of halogens is 2. The Balaban J connectivity index is 0. The first kappa shape index (κ1) is 12.8. The second-order valence-electron chi connectivity index (χ2n) is 1.61. The lowest BCUT2D eigenvalue weighted by molar-refractivity contribution is -0.142. The van der Waals surface area contributed by atoms with Gasteiger partial charge in [0.15, 0.2) is 0 Å². The molecule has 5 heteroatoms. The van der Waals surface area contributed by atoms with Gasteiger partial charge < -0.3 is 22.9 Å². The molecule has 0 aromatic rings. The highest BCUT2D eigenvalue weighted by molar-refractivity contribution is 9.09. The van der Waals surface area contributed by atoms with Crippen LogP contribution in [-0.2, 0) is 9.53 Å². The average molecular weight is 231 g/mol. The Morgan fingerprint density at radius 3 is 2.60 bits per heavy atom. The Labute approximate surface area is 74.8 Å². The van der Waals surface area contributed by atoms with E-state index in [2.05, 4.69) is 20.7 Å². The van der Waals surface area contributed by atoms with Crippen LogP contribution in [0.3, 0.4) is 0 Å². The zero-order valence-corrected chi connectivity index (χ0v) is 7.98. The molecule has 0 aromatic carbocycles. The van der Waals surface area contributed by atoms with Gasteiger partial charge in [-0.05, 0) is 6.42 Å². The smallest absolute Gasteiger partial charge is 0.322 e. The fourth-order valence-corrected chi connectivity index (χ4v) is 0.880. The van der Waals surface area contributed by atoms with Gasteiger partial charge in [-0.2, -0.15) is 0 Å². The van der Waals surface area contributed by atoms with E-state index in [4.69, 9.17) is 5.73 Å². The van der Waals surface area contributed by atoms with Crippen molar-refractivity contribution in [2.45, 2.75) is 12.5 Å². The molecule has 0 heterocycles. The van der Waals surface area contributed by atoms with Gasteiger partial charge in [0.2, 0.25) is 0 Å². The average Bonchev–Trinajstić information content (AvgIpc) is 1.87. The molecular weight excluding hydrogens is 221 g/mol. The van der Waals surface area contributed by atoms with Gasteiger partial charge in [-0.1, -0.05) is 15.9 Å². The van der Waals surface area contributed by atoms with E-state index < -0.39 is 6.04 Å². The number of esters is 1. The minimum absolute atomic E-state index is 0. The summed E-state index contributed by atoms with van der Waals surface area (Å²) in [7, 11) is 1.33. The lowest BCUT2D eigenvalue weighted by Gasteiger charge is -2.04. The fourth-order valence-electron chi connectivity index (χ4n) is 0.387. The van der Waals surface area contributed by atoms with E-state index in [1.54, 1.807) is 0 Å². The van der Waals surface area contributed by atoms with E-state index in [0.29, 0.717) is 6.42 Å². The van der Waals surface area contributed by atoms with Crippen molar-refractivity contribution in [3.05, 3.63) is 0 Å². The van der Waals surface area contributed by atoms with Crippen LogP contribution in [0.1, 0.15) is 6.42 Å². The third-order valence-corrected chi connectivity index (χ3v) is 1.38. The molecule has 62 valence electrons. The molecular formula is C5H10BrClNO2-. The maximum atomic E-state index is 10.5. The predicted molar refractivity (Wildman–Crippen MR) is 38.4 cm³/mol. The highest BCUT2D eigenvalue weighted by Crippen LogP contribution is 1.94. The van der Waals surface area contributed by atoms with Gasteiger partial charge in [-0.25, -0.2) is 0 Å². The largest absolute Gasteiger partial charge is 1.00 e. The highest BCUT2D eigenvalue weighted by atomic mass is 79.9. The first-order valence-electron chi connectivity index (χ1n) is 2.61. The zero-order valence-electron chi connectivity index (χ0n) is 5.64. The SMILES string of the molecule is COC(=O)[C@@H](N)CCBr.[Cl-]. The third kappa shape index (κ3) is 5.02. The summed E-state index contributed by atoms with van der Waals surface area (Å²) in [4.78, 5) is 10.5. The van der Waals surface area contributed by atoms with Crippen molar-refractivity contribution < 1.29 is 21.9 Å². The Hall–Kier alpha value is 0.200. The Kier molecular flexibility index (Phi) is 9.38. The summed E-state index contributed by atoms with van der Waals surface area (Å²) in [6.45, 7) is 0. The third-order valence-electron chi connectivity index (χ3n) is 0.924. The van der Waals surface area contributed by atoms with Crippen LogP contribution >= 0.6 is 15.9 Å². The number of ether oxygens (including phenoxy) is 1. The molecule has 0 unspecified atom stereocenters. The van der Waals surface area contributed by atoms with Crippen molar-refractivity contribution in [2.24, 2.45) is 5.73 Å². The minimum atomic E-state index is -0.477. The second kappa shape index (κ2) is 7.31. The molecule has 0 bridgehead atoms. The molecule has 10 heavy (non-hydrogen) atoms. The van der Waals surface area contributed by atoms with E-state index in [9.17, 15) is 4.79 Å². The van der Waals surface area contributed by atoms with Crippen molar-refractivity contribution in [3.63, 3.8) is 0 Å². The number of carbonyl (C=O) groups is 1. The maximum absolute atomic E-state index is 10.5. The first-order chi connectivity index (χ1) is 4.22. The number of alkyl halides is 1. The van der Waals surface area contributed by atoms with Crippen LogP contribution in [0.25, 0.3) is 0 Å². The van der Waals surface area contributed by atoms with Gasteiger partial charge in [0.05, 0.1) is 7.11 Å². The first-order valence-corrected chi connectivity index (χ1v) is 3.74. The van der Waals surface area contributed by atoms with E-state index >= 15 is 0 Å². The van der Waals surface area contributed by atoms with Crippen LogP contribution in [0.4, 0.5) is 0 Å². The molecule has 0 aliphatic heterocycles. The molecule has 0 saturated heterocycles. The van der Waals surface area contributed by atoms with E-state index in [1.807, 2.05) is 0 Å². The Bertz CT molecular complexity index is 102. The standard InChI is InChI=1S/C5H10BrNO2.ClH/c1-9-5(8)4(7)2-3-6;/h4H,2-3,7H2,1H3;1H/p-1/t4-;/m0./s1. The number of hydrogen-bond donors (Lipinski definition) is 1. The summed E-state index contributed by atoms with van der Waals surface area (Å²) in [6, 6.07) is -0.477. The number of hydrogen-bond acceptors (Lipinski definition) is 3. The molecule has 2 N–H and O–H groups in total. The van der Waals surface area contributed by atoms with Crippen LogP contribution in [0, 0.1) is 0 Å². The molecule has 0 aliphatic carbocycles. The van der Waals surface area contributed by atoms with E-state index in [0.717, 1.165) is 5.33 Å². The minimum Gasteiger partial charge on any atom is -1.00 e. The highest BCUT2D eigenvalue weighted by Gasteiger charge is 2.11. The topological polar surface area (TPSA) is 52.3 Å². The molecule has 0 fully saturated rings. The fraction of sp³-hybridized carbons (Fsp3) is 0.800. The summed E-state index contributed by atoms with van der Waals surface area (Å²) in [6.07, 6.45) is 0.618. The molecule has 0 radical (unpaired) electrons. The van der Waals surface area contributed by atoms with Crippen LogP contribution in [0.5, 0.6) is 0 Å². The number of nitrogens with two attached hydrogens (primary N) is 1. The lowest BCUT2D eigenvalue weighted by Crippen LogP contribution is -3.00. The Morgan fingerprint density at radius 2 is 2.30 bits per heavy atom. The summed E-state index contributed by atoms with van der Waals surface area (Å²) < 4.78 is 4.38. The maximum Gasteiger partial charge on any atom is 0.322 e. The molecule has 0 saturated carbocycles. The molecule has 0 rings (SSSR count). The van der Waals surface area contributed by atoms with Crippen molar-refractivity contribution in [1.82, 2.24) is 0 Å². The molecule has 3 nitrogen and oxygen atoms in total. The van der Waals surface area contributed by atoms with Crippen LogP contribution in [0.2, 0.25) is 0 Å². The zero-order chi connectivity index (χ0) is 7.28. The van der Waals surface area contributed by atoms with Crippen LogP contribution < -0.4 is 18.1 Å². The van der Waals surface area contributed by atoms with Gasteiger partial charge in [-0.3, -0.25) is 4.79 Å². The molecule has 0 aromatic heterocycles. The van der Waals surface area contributed by atoms with Gasteiger partial charge in [-0.15, -0.1) is 0 Å². The van der Waals surface area contributed by atoms with Crippen molar-refractivity contribution in [3.8, 4) is 0 Å². The predicted octanol–water partition coefficient (Wildman–Crippen LogP) is -2.72. The van der Waals surface area contributed by atoms with Crippen LogP contribution in [0.15, 0.2) is 0 Å². The molecule has 0 aliphatic rings. The van der Waals surface area contributed by atoms with Gasteiger partial charge in [0.25, 0.3) is 0 Å². The number of carbonyl (C=O) groups excluding carboxylic acids is 1. The number of rotatable bonds is 3. The number of methoxy groups -OCH3 is 1. The monoisotopic (exact) mass is 230 g/mol. The Morgan fingerprint density at radius 1 is 1.80 bits per heavy atom. The van der Waals surface area contributed by atoms with Crippen LogP contribution in [-0.4, -0.2) is 24.5 Å². The second-order valence-corrected chi connectivity index (χ2v) is 2.40. The van der Waals surface area contributed by atoms with E-state index in [-0.39, 0.29) is 18.4 Å². The molecule has 0 spiro atoms. The molecule has 0 amide bonds. The quantitative estimate of drug-likeness (QED) is 0.424. The van der Waals surface area contributed by atoms with Crippen molar-refractivity contribution in [1.29, 1.82) is 0 Å².